The van der Waals surface area contributed by atoms with Crippen molar-refractivity contribution < 1.29 is 4.79 Å². The third-order valence-corrected chi connectivity index (χ3v) is 3.38. The maximum atomic E-state index is 11.8. The zero-order valence-corrected chi connectivity index (χ0v) is 11.0. The summed E-state index contributed by atoms with van der Waals surface area (Å²) in [5, 5.41) is 0. The molecule has 1 saturated carbocycles. The van der Waals surface area contributed by atoms with Gasteiger partial charge in [-0.15, -0.1) is 0 Å². The molecular formula is C13H26N2O. The molecule has 0 atom stereocenters. The molecule has 2 N–H and O–H groups in total. The molecule has 3 heteroatoms. The number of rotatable bonds is 5. The third-order valence-electron chi connectivity index (χ3n) is 3.38. The molecule has 1 amide bonds. The largest absolute Gasteiger partial charge is 0.346 e. The molecule has 0 aromatic rings. The Morgan fingerprint density at radius 2 is 1.94 bits per heavy atom. The van der Waals surface area contributed by atoms with Gasteiger partial charge in [-0.1, -0.05) is 25.7 Å². The Hall–Kier alpha value is -0.570. The Labute approximate surface area is 99.4 Å². The Morgan fingerprint density at radius 3 is 2.44 bits per heavy atom. The molecule has 0 aromatic carbocycles. The van der Waals surface area contributed by atoms with Crippen molar-refractivity contribution in [2.45, 2.75) is 57.9 Å². The first kappa shape index (κ1) is 13.5. The lowest BCUT2D eigenvalue weighted by Crippen LogP contribution is -2.40. The molecule has 1 rings (SSSR count). The summed E-state index contributed by atoms with van der Waals surface area (Å²) in [7, 11) is 1.89. The van der Waals surface area contributed by atoms with E-state index in [1.54, 1.807) is 0 Å². The van der Waals surface area contributed by atoms with Crippen molar-refractivity contribution in [1.29, 1.82) is 0 Å². The third kappa shape index (κ3) is 4.97. The van der Waals surface area contributed by atoms with Gasteiger partial charge in [0.05, 0.1) is 0 Å². The Kier molecular flexibility index (Phi) is 4.78. The maximum absolute atomic E-state index is 11.8. The lowest BCUT2D eigenvalue weighted by molar-refractivity contribution is -0.131. The van der Waals surface area contributed by atoms with Crippen molar-refractivity contribution in [3.05, 3.63) is 0 Å². The van der Waals surface area contributed by atoms with Gasteiger partial charge < -0.3 is 10.6 Å². The van der Waals surface area contributed by atoms with Crippen molar-refractivity contribution >= 4 is 5.91 Å². The SMILES string of the molecule is CN(CCC1CCCC1)C(=O)CC(C)(C)N. The van der Waals surface area contributed by atoms with Crippen molar-refractivity contribution in [3.8, 4) is 0 Å². The minimum Gasteiger partial charge on any atom is -0.346 e. The number of nitrogens with two attached hydrogens (primary N) is 1. The van der Waals surface area contributed by atoms with Crippen LogP contribution in [0.15, 0.2) is 0 Å². The van der Waals surface area contributed by atoms with E-state index in [2.05, 4.69) is 0 Å². The van der Waals surface area contributed by atoms with E-state index in [1.165, 1.54) is 25.7 Å². The molecule has 0 aromatic heterocycles. The van der Waals surface area contributed by atoms with Gasteiger partial charge in [0, 0.05) is 25.6 Å². The highest BCUT2D eigenvalue weighted by Gasteiger charge is 2.21. The standard InChI is InChI=1S/C13H26N2O/c1-13(2,14)10-12(16)15(3)9-8-11-6-4-5-7-11/h11H,4-10,14H2,1-3H3. The quantitative estimate of drug-likeness (QED) is 0.781. The Bertz CT molecular complexity index is 227. The van der Waals surface area contributed by atoms with Crippen LogP contribution in [-0.2, 0) is 4.79 Å². The molecule has 0 bridgehead atoms. The molecule has 16 heavy (non-hydrogen) atoms. The maximum Gasteiger partial charge on any atom is 0.224 e. The summed E-state index contributed by atoms with van der Waals surface area (Å²) in [4.78, 5) is 13.6. The van der Waals surface area contributed by atoms with Gasteiger partial charge in [-0.05, 0) is 26.2 Å². The second-order valence-electron chi connectivity index (χ2n) is 5.92. The summed E-state index contributed by atoms with van der Waals surface area (Å²) in [6.07, 6.45) is 7.05. The molecule has 0 unspecified atom stereocenters. The summed E-state index contributed by atoms with van der Waals surface area (Å²) >= 11 is 0. The lowest BCUT2D eigenvalue weighted by atomic mass is 10.0. The van der Waals surface area contributed by atoms with Crippen LogP contribution >= 0.6 is 0 Å². The number of carbonyl (C=O) groups is 1. The van der Waals surface area contributed by atoms with Gasteiger partial charge in [-0.3, -0.25) is 4.79 Å². The van der Waals surface area contributed by atoms with Gasteiger partial charge >= 0.3 is 0 Å². The number of nitrogens with zero attached hydrogens (tertiary/aromatic N) is 1. The summed E-state index contributed by atoms with van der Waals surface area (Å²) in [6.45, 7) is 4.69. The molecule has 0 aliphatic heterocycles. The Balaban J connectivity index is 2.23. The molecule has 0 spiro atoms. The number of hydrogen-bond donors (Lipinski definition) is 1. The van der Waals surface area contributed by atoms with E-state index in [9.17, 15) is 4.79 Å². The lowest BCUT2D eigenvalue weighted by Gasteiger charge is -2.24. The number of amides is 1. The van der Waals surface area contributed by atoms with Gasteiger partial charge in [0.15, 0.2) is 0 Å². The van der Waals surface area contributed by atoms with E-state index in [4.69, 9.17) is 5.73 Å². The van der Waals surface area contributed by atoms with Crippen LogP contribution in [0, 0.1) is 5.92 Å². The molecular weight excluding hydrogens is 200 g/mol. The van der Waals surface area contributed by atoms with E-state index < -0.39 is 5.54 Å². The van der Waals surface area contributed by atoms with Crippen molar-refractivity contribution in [3.63, 3.8) is 0 Å². The van der Waals surface area contributed by atoms with Crippen LogP contribution in [0.4, 0.5) is 0 Å². The summed E-state index contributed by atoms with van der Waals surface area (Å²) in [5.41, 5.74) is 5.45. The second-order valence-corrected chi connectivity index (χ2v) is 5.92. The first-order valence-electron chi connectivity index (χ1n) is 6.41. The van der Waals surface area contributed by atoms with Crippen LogP contribution in [0.3, 0.4) is 0 Å². The zero-order valence-electron chi connectivity index (χ0n) is 11.0. The van der Waals surface area contributed by atoms with E-state index >= 15 is 0 Å². The molecule has 0 radical (unpaired) electrons. The zero-order chi connectivity index (χ0) is 12.2. The van der Waals surface area contributed by atoms with Crippen LogP contribution in [0.1, 0.15) is 52.4 Å². The fourth-order valence-electron chi connectivity index (χ4n) is 2.32. The second kappa shape index (κ2) is 5.67. The fraction of sp³-hybridized carbons (Fsp3) is 0.923. The molecule has 3 nitrogen and oxygen atoms in total. The molecule has 1 aliphatic carbocycles. The molecule has 94 valence electrons. The topological polar surface area (TPSA) is 46.3 Å². The highest BCUT2D eigenvalue weighted by Crippen LogP contribution is 2.27. The Morgan fingerprint density at radius 1 is 1.38 bits per heavy atom. The first-order valence-corrected chi connectivity index (χ1v) is 6.41. The predicted octanol–water partition coefficient (Wildman–Crippen LogP) is 2.15. The van der Waals surface area contributed by atoms with Crippen LogP contribution in [0.25, 0.3) is 0 Å². The summed E-state index contributed by atoms with van der Waals surface area (Å²) in [5.74, 6) is 1.02. The normalized spacial score (nSPS) is 17.8. The van der Waals surface area contributed by atoms with Crippen molar-refractivity contribution in [1.82, 2.24) is 4.90 Å². The fourth-order valence-corrected chi connectivity index (χ4v) is 2.32. The average molecular weight is 226 g/mol. The monoisotopic (exact) mass is 226 g/mol. The van der Waals surface area contributed by atoms with Crippen LogP contribution < -0.4 is 5.73 Å². The molecule has 1 aliphatic rings. The number of carbonyl (C=O) groups excluding carboxylic acids is 1. The highest BCUT2D eigenvalue weighted by atomic mass is 16.2. The summed E-state index contributed by atoms with van der Waals surface area (Å²) in [6, 6.07) is 0. The predicted molar refractivity (Wildman–Crippen MR) is 67.1 cm³/mol. The molecule has 1 fully saturated rings. The van der Waals surface area contributed by atoms with Gasteiger partial charge in [0.25, 0.3) is 0 Å². The van der Waals surface area contributed by atoms with Crippen molar-refractivity contribution in [2.24, 2.45) is 11.7 Å². The van der Waals surface area contributed by atoms with Gasteiger partial charge in [0.2, 0.25) is 5.91 Å². The van der Waals surface area contributed by atoms with E-state index in [0.717, 1.165) is 18.9 Å². The van der Waals surface area contributed by atoms with Gasteiger partial charge in [-0.2, -0.15) is 0 Å². The molecule has 0 saturated heterocycles. The molecule has 0 heterocycles. The minimum atomic E-state index is -0.390. The van der Waals surface area contributed by atoms with E-state index in [-0.39, 0.29) is 5.91 Å². The van der Waals surface area contributed by atoms with Crippen LogP contribution in [0.5, 0.6) is 0 Å². The number of hydrogen-bond acceptors (Lipinski definition) is 2. The van der Waals surface area contributed by atoms with E-state index in [1.807, 2.05) is 25.8 Å². The van der Waals surface area contributed by atoms with Crippen LogP contribution in [-0.4, -0.2) is 29.9 Å². The highest BCUT2D eigenvalue weighted by molar-refractivity contribution is 5.76. The van der Waals surface area contributed by atoms with Crippen molar-refractivity contribution in [2.75, 3.05) is 13.6 Å². The van der Waals surface area contributed by atoms with E-state index in [0.29, 0.717) is 6.42 Å². The summed E-state index contributed by atoms with van der Waals surface area (Å²) < 4.78 is 0. The minimum absolute atomic E-state index is 0.172. The average Bonchev–Trinajstić information content (AvgIpc) is 2.63. The van der Waals surface area contributed by atoms with Gasteiger partial charge in [-0.25, -0.2) is 0 Å². The first-order chi connectivity index (χ1) is 7.38. The smallest absolute Gasteiger partial charge is 0.224 e. The van der Waals surface area contributed by atoms with Gasteiger partial charge in [0.1, 0.15) is 0 Å². The van der Waals surface area contributed by atoms with Crippen LogP contribution in [0.2, 0.25) is 0 Å².